The maximum absolute atomic E-state index is 13.3. The average Bonchev–Trinajstić information content (AvgIpc) is 2.74. The Hall–Kier alpha value is -3.42. The van der Waals surface area contributed by atoms with Gasteiger partial charge in [0.2, 0.25) is 5.95 Å². The second kappa shape index (κ2) is 8.08. The number of ether oxygens (including phenoxy) is 1. The quantitative estimate of drug-likeness (QED) is 0.730. The largest absolute Gasteiger partial charge is 0.497 e. The van der Waals surface area contributed by atoms with E-state index in [-0.39, 0.29) is 5.82 Å². The fraction of sp³-hybridized carbons (Fsp3) is 0.250. The Balaban J connectivity index is 1.40. The number of methoxy groups -OCH3 is 1. The summed E-state index contributed by atoms with van der Waals surface area (Å²) in [6.45, 7) is 3.40. The minimum atomic E-state index is -0.316. The minimum absolute atomic E-state index is 0.316. The van der Waals surface area contributed by atoms with Gasteiger partial charge >= 0.3 is 0 Å². The summed E-state index contributed by atoms with van der Waals surface area (Å²) >= 11 is 0. The van der Waals surface area contributed by atoms with Crippen LogP contribution in [0.1, 0.15) is 0 Å². The van der Waals surface area contributed by atoms with Gasteiger partial charge in [-0.05, 0) is 42.5 Å². The topological polar surface area (TPSA) is 66.4 Å². The van der Waals surface area contributed by atoms with Crippen LogP contribution in [0, 0.1) is 5.82 Å². The number of hydrogen-bond acceptors (Lipinski definition) is 7. The van der Waals surface area contributed by atoms with Crippen molar-refractivity contribution >= 4 is 23.1 Å². The van der Waals surface area contributed by atoms with E-state index in [1.165, 1.54) is 17.8 Å². The van der Waals surface area contributed by atoms with Crippen LogP contribution in [0.25, 0.3) is 0 Å². The van der Waals surface area contributed by atoms with E-state index in [1.54, 1.807) is 25.4 Å². The molecule has 7 nitrogen and oxygen atoms in total. The van der Waals surface area contributed by atoms with Crippen molar-refractivity contribution in [2.75, 3.05) is 48.4 Å². The monoisotopic (exact) mass is 380 g/mol. The van der Waals surface area contributed by atoms with Crippen LogP contribution < -0.4 is 19.9 Å². The van der Waals surface area contributed by atoms with Crippen molar-refractivity contribution in [1.29, 1.82) is 0 Å². The molecule has 2 aromatic carbocycles. The zero-order valence-corrected chi connectivity index (χ0v) is 15.5. The third-order valence-electron chi connectivity index (χ3n) is 4.67. The number of nitrogens with zero attached hydrogens (tertiary/aromatic N) is 5. The first-order valence-electron chi connectivity index (χ1n) is 9.07. The first-order valence-corrected chi connectivity index (χ1v) is 9.07. The van der Waals surface area contributed by atoms with Crippen molar-refractivity contribution in [2.45, 2.75) is 0 Å². The molecule has 3 aromatic rings. The Morgan fingerprint density at radius 1 is 1.00 bits per heavy atom. The summed E-state index contributed by atoms with van der Waals surface area (Å²) in [4.78, 5) is 9.03. The molecule has 1 aromatic heterocycles. The summed E-state index contributed by atoms with van der Waals surface area (Å²) in [6.07, 6.45) is 1.65. The standard InChI is InChI=1S/C20H21FN6O/c1-28-18-7-5-17(6-8-18)26-9-11-27(12-10-26)19-14-22-25-20(24-19)23-16-4-2-3-15(21)13-16/h2-8,13-14H,9-12H2,1H3,(H,23,24,25). The highest BCUT2D eigenvalue weighted by atomic mass is 19.1. The van der Waals surface area contributed by atoms with Gasteiger partial charge in [-0.3, -0.25) is 0 Å². The number of aromatic nitrogens is 3. The van der Waals surface area contributed by atoms with Crippen LogP contribution in [0.5, 0.6) is 5.75 Å². The molecule has 1 N–H and O–H groups in total. The number of benzene rings is 2. The van der Waals surface area contributed by atoms with E-state index in [1.807, 2.05) is 12.1 Å². The highest BCUT2D eigenvalue weighted by Crippen LogP contribution is 2.22. The Morgan fingerprint density at radius 3 is 2.46 bits per heavy atom. The zero-order chi connectivity index (χ0) is 19.3. The molecule has 4 rings (SSSR count). The molecule has 0 bridgehead atoms. The minimum Gasteiger partial charge on any atom is -0.497 e. The Morgan fingerprint density at radius 2 is 1.75 bits per heavy atom. The number of rotatable bonds is 5. The van der Waals surface area contributed by atoms with E-state index < -0.39 is 0 Å². The van der Waals surface area contributed by atoms with Gasteiger partial charge in [-0.25, -0.2) is 4.39 Å². The lowest BCUT2D eigenvalue weighted by molar-refractivity contribution is 0.415. The maximum Gasteiger partial charge on any atom is 0.249 e. The molecule has 0 atom stereocenters. The van der Waals surface area contributed by atoms with Crippen LogP contribution in [0.2, 0.25) is 0 Å². The first kappa shape index (κ1) is 18.0. The summed E-state index contributed by atoms with van der Waals surface area (Å²) in [7, 11) is 1.67. The normalized spacial score (nSPS) is 14.1. The van der Waals surface area contributed by atoms with Gasteiger partial charge in [0.1, 0.15) is 11.6 Å². The average molecular weight is 380 g/mol. The van der Waals surface area contributed by atoms with E-state index in [9.17, 15) is 4.39 Å². The Labute approximate surface area is 162 Å². The van der Waals surface area contributed by atoms with Crippen molar-refractivity contribution in [3.05, 3.63) is 60.5 Å². The smallest absolute Gasteiger partial charge is 0.249 e. The van der Waals surface area contributed by atoms with Gasteiger partial charge in [0, 0.05) is 37.6 Å². The third kappa shape index (κ3) is 4.11. The lowest BCUT2D eigenvalue weighted by Crippen LogP contribution is -2.46. The summed E-state index contributed by atoms with van der Waals surface area (Å²) in [6, 6.07) is 14.3. The van der Waals surface area contributed by atoms with Gasteiger partial charge in [-0.2, -0.15) is 10.1 Å². The molecule has 1 saturated heterocycles. The molecule has 0 radical (unpaired) electrons. The van der Waals surface area contributed by atoms with Gasteiger partial charge < -0.3 is 19.9 Å². The molecular formula is C20H21FN6O. The Bertz CT molecular complexity index is 928. The Kier molecular flexibility index (Phi) is 5.18. The predicted octanol–water partition coefficient (Wildman–Crippen LogP) is 3.09. The summed E-state index contributed by atoms with van der Waals surface area (Å²) < 4.78 is 18.6. The van der Waals surface area contributed by atoms with Crippen LogP contribution in [0.15, 0.2) is 54.7 Å². The second-order valence-corrected chi connectivity index (χ2v) is 6.45. The van der Waals surface area contributed by atoms with Crippen LogP contribution in [0.3, 0.4) is 0 Å². The van der Waals surface area contributed by atoms with Gasteiger partial charge in [-0.1, -0.05) is 6.07 Å². The van der Waals surface area contributed by atoms with Gasteiger partial charge in [0.25, 0.3) is 0 Å². The molecule has 0 saturated carbocycles. The molecule has 0 spiro atoms. The van der Waals surface area contributed by atoms with E-state index in [2.05, 4.69) is 42.4 Å². The van der Waals surface area contributed by atoms with E-state index >= 15 is 0 Å². The number of hydrogen-bond donors (Lipinski definition) is 1. The molecular weight excluding hydrogens is 359 g/mol. The number of piperazine rings is 1. The molecule has 2 heterocycles. The SMILES string of the molecule is COc1ccc(N2CCN(c3cnnc(Nc4cccc(F)c4)n3)CC2)cc1. The molecule has 0 unspecified atom stereocenters. The number of halogens is 1. The maximum atomic E-state index is 13.3. The second-order valence-electron chi connectivity index (χ2n) is 6.45. The third-order valence-corrected chi connectivity index (χ3v) is 4.67. The van der Waals surface area contributed by atoms with Gasteiger partial charge in [-0.15, -0.1) is 5.10 Å². The van der Waals surface area contributed by atoms with Crippen LogP contribution in [0.4, 0.5) is 27.5 Å². The zero-order valence-electron chi connectivity index (χ0n) is 15.5. The van der Waals surface area contributed by atoms with E-state index in [4.69, 9.17) is 4.74 Å². The van der Waals surface area contributed by atoms with Crippen LogP contribution >= 0.6 is 0 Å². The summed E-state index contributed by atoms with van der Waals surface area (Å²) in [5.74, 6) is 1.64. The van der Waals surface area contributed by atoms with Crippen LogP contribution in [-0.4, -0.2) is 48.5 Å². The van der Waals surface area contributed by atoms with Crippen LogP contribution in [-0.2, 0) is 0 Å². The number of nitrogens with one attached hydrogen (secondary N) is 1. The molecule has 0 aliphatic carbocycles. The summed E-state index contributed by atoms with van der Waals surface area (Å²) in [5, 5.41) is 11.0. The molecule has 144 valence electrons. The lowest BCUT2D eigenvalue weighted by atomic mass is 10.2. The fourth-order valence-electron chi connectivity index (χ4n) is 3.18. The molecule has 0 amide bonds. The number of anilines is 4. The fourth-order valence-corrected chi connectivity index (χ4v) is 3.18. The van der Waals surface area contributed by atoms with Crippen molar-refractivity contribution in [3.63, 3.8) is 0 Å². The van der Waals surface area contributed by atoms with Gasteiger partial charge in [0.05, 0.1) is 13.3 Å². The van der Waals surface area contributed by atoms with Gasteiger partial charge in [0.15, 0.2) is 5.82 Å². The highest BCUT2D eigenvalue weighted by Gasteiger charge is 2.19. The molecule has 1 aliphatic rings. The highest BCUT2D eigenvalue weighted by molar-refractivity contribution is 5.55. The first-order chi connectivity index (χ1) is 13.7. The van der Waals surface area contributed by atoms with E-state index in [0.29, 0.717) is 11.6 Å². The van der Waals surface area contributed by atoms with Crippen molar-refractivity contribution in [3.8, 4) is 5.75 Å². The lowest BCUT2D eigenvalue weighted by Gasteiger charge is -2.36. The van der Waals surface area contributed by atoms with Crippen molar-refractivity contribution in [2.24, 2.45) is 0 Å². The molecule has 28 heavy (non-hydrogen) atoms. The van der Waals surface area contributed by atoms with E-state index in [0.717, 1.165) is 37.7 Å². The predicted molar refractivity (Wildman–Crippen MR) is 107 cm³/mol. The van der Waals surface area contributed by atoms with Crippen molar-refractivity contribution in [1.82, 2.24) is 15.2 Å². The van der Waals surface area contributed by atoms with Crippen molar-refractivity contribution < 1.29 is 9.13 Å². The summed E-state index contributed by atoms with van der Waals surface area (Å²) in [5.41, 5.74) is 1.76. The molecule has 1 fully saturated rings. The molecule has 1 aliphatic heterocycles. The molecule has 8 heteroatoms.